The molecule has 0 aliphatic rings. The van der Waals surface area contributed by atoms with E-state index in [1.165, 1.54) is 19.2 Å². The lowest BCUT2D eigenvalue weighted by atomic mass is 10.3. The first kappa shape index (κ1) is 14.8. The first-order valence-electron chi connectivity index (χ1n) is 6.06. The monoisotopic (exact) mass is 341 g/mol. The highest BCUT2D eigenvalue weighted by molar-refractivity contribution is 7.93. The fourth-order valence-electron chi connectivity index (χ4n) is 2.00. The van der Waals surface area contributed by atoms with Gasteiger partial charge >= 0.3 is 0 Å². The SMILES string of the molecule is CN(c1ccc(F)cc1F)S(=O)(=O)c1cccc2nsnc12. The van der Waals surface area contributed by atoms with Gasteiger partial charge in [-0.2, -0.15) is 8.75 Å². The quantitative estimate of drug-likeness (QED) is 0.735. The van der Waals surface area contributed by atoms with Crippen LogP contribution in [0.15, 0.2) is 41.3 Å². The van der Waals surface area contributed by atoms with E-state index in [4.69, 9.17) is 0 Å². The smallest absolute Gasteiger partial charge is 0.266 e. The Morgan fingerprint density at radius 3 is 2.64 bits per heavy atom. The second kappa shape index (κ2) is 5.25. The van der Waals surface area contributed by atoms with E-state index in [0.29, 0.717) is 11.6 Å². The Morgan fingerprint density at radius 2 is 1.91 bits per heavy atom. The number of sulfonamides is 1. The van der Waals surface area contributed by atoms with Gasteiger partial charge in [-0.25, -0.2) is 17.2 Å². The summed E-state index contributed by atoms with van der Waals surface area (Å²) in [7, 11) is -2.85. The highest BCUT2D eigenvalue weighted by Crippen LogP contribution is 2.28. The van der Waals surface area contributed by atoms with Crippen LogP contribution in [0.1, 0.15) is 0 Å². The zero-order valence-corrected chi connectivity index (χ0v) is 12.8. The second-order valence-corrected chi connectivity index (χ2v) is 6.92. The maximum atomic E-state index is 13.8. The molecule has 5 nitrogen and oxygen atoms in total. The van der Waals surface area contributed by atoms with Gasteiger partial charge in [-0.15, -0.1) is 0 Å². The minimum Gasteiger partial charge on any atom is -0.266 e. The molecule has 3 rings (SSSR count). The number of anilines is 1. The predicted octanol–water partition coefficient (Wildman–Crippen LogP) is 2.79. The van der Waals surface area contributed by atoms with Crippen LogP contribution in [0.3, 0.4) is 0 Å². The van der Waals surface area contributed by atoms with E-state index < -0.39 is 21.7 Å². The van der Waals surface area contributed by atoms with Crippen molar-refractivity contribution in [2.75, 3.05) is 11.4 Å². The fourth-order valence-corrected chi connectivity index (χ4v) is 3.96. The third kappa shape index (κ3) is 2.32. The van der Waals surface area contributed by atoms with Crippen LogP contribution in [0.5, 0.6) is 0 Å². The molecule has 0 fully saturated rings. The van der Waals surface area contributed by atoms with Crippen molar-refractivity contribution in [3.8, 4) is 0 Å². The van der Waals surface area contributed by atoms with E-state index in [0.717, 1.165) is 28.2 Å². The van der Waals surface area contributed by atoms with Crippen LogP contribution in [0, 0.1) is 11.6 Å². The molecule has 0 saturated carbocycles. The van der Waals surface area contributed by atoms with Crippen LogP contribution in [-0.4, -0.2) is 24.2 Å². The molecule has 0 saturated heterocycles. The van der Waals surface area contributed by atoms with Crippen LogP contribution in [0.4, 0.5) is 14.5 Å². The number of nitrogens with zero attached hydrogens (tertiary/aromatic N) is 3. The third-order valence-corrected chi connectivity index (χ3v) is 5.48. The lowest BCUT2D eigenvalue weighted by Gasteiger charge is -2.20. The fraction of sp³-hybridized carbons (Fsp3) is 0.0769. The molecule has 0 N–H and O–H groups in total. The lowest BCUT2D eigenvalue weighted by molar-refractivity contribution is 0.577. The summed E-state index contributed by atoms with van der Waals surface area (Å²) >= 11 is 0.889. The molecule has 1 aromatic heterocycles. The largest absolute Gasteiger partial charge is 0.266 e. The Bertz CT molecular complexity index is 957. The van der Waals surface area contributed by atoms with Crippen molar-refractivity contribution in [1.29, 1.82) is 0 Å². The van der Waals surface area contributed by atoms with E-state index in [-0.39, 0.29) is 16.1 Å². The topological polar surface area (TPSA) is 63.2 Å². The molecule has 0 aliphatic heterocycles. The van der Waals surface area contributed by atoms with Gasteiger partial charge in [0.05, 0.1) is 17.4 Å². The summed E-state index contributed by atoms with van der Waals surface area (Å²) in [5.41, 5.74) is 0.419. The molecular formula is C13H9F2N3O2S2. The van der Waals surface area contributed by atoms with Crippen molar-refractivity contribution in [3.63, 3.8) is 0 Å². The maximum absolute atomic E-state index is 13.8. The lowest BCUT2D eigenvalue weighted by Crippen LogP contribution is -2.27. The summed E-state index contributed by atoms with van der Waals surface area (Å²) in [4.78, 5) is -0.0787. The predicted molar refractivity (Wildman–Crippen MR) is 79.4 cm³/mol. The minimum absolute atomic E-state index is 0.0787. The summed E-state index contributed by atoms with van der Waals surface area (Å²) in [5.74, 6) is -1.74. The highest BCUT2D eigenvalue weighted by Gasteiger charge is 2.26. The minimum atomic E-state index is -4.05. The zero-order valence-electron chi connectivity index (χ0n) is 11.2. The molecule has 22 heavy (non-hydrogen) atoms. The highest BCUT2D eigenvalue weighted by atomic mass is 32.2. The van der Waals surface area contributed by atoms with Crippen molar-refractivity contribution in [1.82, 2.24) is 8.75 Å². The third-order valence-electron chi connectivity index (χ3n) is 3.14. The van der Waals surface area contributed by atoms with Gasteiger partial charge in [0.15, 0.2) is 0 Å². The van der Waals surface area contributed by atoms with Crippen LogP contribution in [0.25, 0.3) is 11.0 Å². The van der Waals surface area contributed by atoms with E-state index in [1.54, 1.807) is 6.07 Å². The Hall–Kier alpha value is -2.13. The van der Waals surface area contributed by atoms with Gasteiger partial charge in [0.2, 0.25) is 0 Å². The zero-order chi connectivity index (χ0) is 15.9. The van der Waals surface area contributed by atoms with Crippen LogP contribution in [0.2, 0.25) is 0 Å². The van der Waals surface area contributed by atoms with Crippen molar-refractivity contribution in [2.45, 2.75) is 4.90 Å². The summed E-state index contributed by atoms with van der Waals surface area (Å²) in [6.45, 7) is 0. The molecule has 0 bridgehead atoms. The van der Waals surface area contributed by atoms with Crippen molar-refractivity contribution in [3.05, 3.63) is 48.0 Å². The van der Waals surface area contributed by atoms with Gasteiger partial charge in [-0.1, -0.05) is 6.07 Å². The van der Waals surface area contributed by atoms with Gasteiger partial charge in [0, 0.05) is 13.1 Å². The summed E-state index contributed by atoms with van der Waals surface area (Å²) < 4.78 is 60.9. The number of rotatable bonds is 3. The van der Waals surface area contributed by atoms with Gasteiger partial charge in [-0.3, -0.25) is 4.31 Å². The van der Waals surface area contributed by atoms with Gasteiger partial charge in [0.1, 0.15) is 27.6 Å². The Labute approximate surface area is 129 Å². The summed E-state index contributed by atoms with van der Waals surface area (Å²) in [6, 6.07) is 7.24. The molecule has 0 spiro atoms. The van der Waals surface area contributed by atoms with Gasteiger partial charge < -0.3 is 0 Å². The molecule has 2 aromatic carbocycles. The number of aromatic nitrogens is 2. The van der Waals surface area contributed by atoms with E-state index in [9.17, 15) is 17.2 Å². The molecule has 1 heterocycles. The average Bonchev–Trinajstić information content (AvgIpc) is 2.94. The summed E-state index contributed by atoms with van der Waals surface area (Å²) in [6.07, 6.45) is 0. The number of benzene rings is 2. The average molecular weight is 341 g/mol. The molecule has 0 amide bonds. The number of halogens is 2. The first-order chi connectivity index (χ1) is 10.4. The standard InChI is InChI=1S/C13H9F2N3O2S2/c1-18(11-6-5-8(14)7-9(11)15)22(19,20)12-4-2-3-10-13(12)17-21-16-10/h2-7H,1H3. The number of fused-ring (bicyclic) bond motifs is 1. The normalized spacial score (nSPS) is 11.8. The molecule has 3 aromatic rings. The van der Waals surface area contributed by atoms with Crippen LogP contribution in [-0.2, 0) is 10.0 Å². The molecule has 114 valence electrons. The van der Waals surface area contributed by atoms with E-state index >= 15 is 0 Å². The molecular weight excluding hydrogens is 332 g/mol. The number of hydrogen-bond donors (Lipinski definition) is 0. The Kier molecular flexibility index (Phi) is 3.53. The summed E-state index contributed by atoms with van der Waals surface area (Å²) in [5, 5.41) is 0. The molecule has 0 atom stereocenters. The van der Waals surface area contributed by atoms with Gasteiger partial charge in [0.25, 0.3) is 10.0 Å². The van der Waals surface area contributed by atoms with Crippen LogP contribution < -0.4 is 4.31 Å². The van der Waals surface area contributed by atoms with E-state index in [1.807, 2.05) is 0 Å². The van der Waals surface area contributed by atoms with Crippen molar-refractivity contribution >= 4 is 38.5 Å². The Morgan fingerprint density at radius 1 is 1.14 bits per heavy atom. The molecule has 9 heteroatoms. The molecule has 0 radical (unpaired) electrons. The second-order valence-electron chi connectivity index (χ2n) is 4.46. The first-order valence-corrected chi connectivity index (χ1v) is 8.23. The van der Waals surface area contributed by atoms with Gasteiger partial charge in [-0.05, 0) is 24.3 Å². The van der Waals surface area contributed by atoms with Crippen LogP contribution >= 0.6 is 11.7 Å². The maximum Gasteiger partial charge on any atom is 0.266 e. The molecule has 0 unspecified atom stereocenters. The number of hydrogen-bond acceptors (Lipinski definition) is 5. The van der Waals surface area contributed by atoms with Crippen molar-refractivity contribution in [2.24, 2.45) is 0 Å². The van der Waals surface area contributed by atoms with Crippen molar-refractivity contribution < 1.29 is 17.2 Å². The molecule has 0 aliphatic carbocycles. The Balaban J connectivity index is 2.15. The van der Waals surface area contributed by atoms with E-state index in [2.05, 4.69) is 8.75 Å².